The van der Waals surface area contributed by atoms with Crippen molar-refractivity contribution in [1.82, 2.24) is 18.6 Å². The van der Waals surface area contributed by atoms with Crippen molar-refractivity contribution in [3.8, 4) is 17.3 Å². The Kier molecular flexibility index (Phi) is 5.53. The third kappa shape index (κ3) is 3.82. The number of aromatic nitrogens is 2. The van der Waals surface area contributed by atoms with Gasteiger partial charge in [-0.1, -0.05) is 30.3 Å². The lowest BCUT2D eigenvalue weighted by Crippen LogP contribution is -2.48. The number of rotatable bonds is 5. The molecule has 1 aliphatic heterocycles. The number of hydrogen-bond acceptors (Lipinski definition) is 6. The molecule has 1 aliphatic rings. The molecular formula is C23H21N5O2S2. The van der Waals surface area contributed by atoms with Gasteiger partial charge in [0.15, 0.2) is 4.96 Å². The summed E-state index contributed by atoms with van der Waals surface area (Å²) in [5, 5.41) is 11.0. The standard InChI is InChI=1S/C23H21N5O2S2/c24-16-18-6-8-20(9-7-18)32(29,30)27-12-10-26(11-13-27)17-21-22(19-4-2-1-3-5-19)25-23-28(21)14-15-31-23/h1-9,14-15H,10-13,17H2. The molecule has 0 saturated carbocycles. The molecule has 0 unspecified atom stereocenters. The summed E-state index contributed by atoms with van der Waals surface area (Å²) in [5.41, 5.74) is 3.63. The second kappa shape index (κ2) is 8.48. The molecule has 0 N–H and O–H groups in total. The third-order valence-corrected chi connectivity index (χ3v) is 8.40. The number of imidazole rings is 1. The molecular weight excluding hydrogens is 442 g/mol. The third-order valence-electron chi connectivity index (χ3n) is 5.73. The number of fused-ring (bicyclic) bond motifs is 1. The van der Waals surface area contributed by atoms with Gasteiger partial charge in [-0.25, -0.2) is 13.4 Å². The van der Waals surface area contributed by atoms with Crippen LogP contribution in [0.4, 0.5) is 0 Å². The molecule has 2 aromatic heterocycles. The molecule has 7 nitrogen and oxygen atoms in total. The van der Waals surface area contributed by atoms with Gasteiger partial charge in [0, 0.05) is 49.9 Å². The van der Waals surface area contributed by atoms with Gasteiger partial charge in [-0.2, -0.15) is 9.57 Å². The zero-order valence-corrected chi connectivity index (χ0v) is 18.9. The molecule has 0 bridgehead atoms. The number of benzene rings is 2. The predicted molar refractivity (Wildman–Crippen MR) is 124 cm³/mol. The second-order valence-electron chi connectivity index (χ2n) is 7.65. The van der Waals surface area contributed by atoms with Crippen molar-refractivity contribution in [1.29, 1.82) is 5.26 Å². The average Bonchev–Trinajstić information content (AvgIpc) is 3.43. The SMILES string of the molecule is N#Cc1ccc(S(=O)(=O)N2CCN(Cc3c(-c4ccccc4)nc4sccn34)CC2)cc1. The largest absolute Gasteiger partial charge is 0.295 e. The van der Waals surface area contributed by atoms with E-state index in [1.54, 1.807) is 23.5 Å². The molecule has 2 aromatic carbocycles. The molecule has 3 heterocycles. The summed E-state index contributed by atoms with van der Waals surface area (Å²) in [6.45, 7) is 2.83. The van der Waals surface area contributed by atoms with Crippen LogP contribution in [-0.4, -0.2) is 53.2 Å². The molecule has 0 aliphatic carbocycles. The van der Waals surface area contributed by atoms with Crippen LogP contribution in [0.2, 0.25) is 0 Å². The molecule has 1 saturated heterocycles. The maximum Gasteiger partial charge on any atom is 0.243 e. The highest BCUT2D eigenvalue weighted by molar-refractivity contribution is 7.89. The first-order chi connectivity index (χ1) is 15.6. The number of hydrogen-bond donors (Lipinski definition) is 0. The van der Waals surface area contributed by atoms with Gasteiger partial charge in [-0.3, -0.25) is 9.30 Å². The van der Waals surface area contributed by atoms with E-state index in [1.807, 2.05) is 35.8 Å². The van der Waals surface area contributed by atoms with E-state index in [9.17, 15) is 8.42 Å². The van der Waals surface area contributed by atoms with Crippen molar-refractivity contribution in [2.75, 3.05) is 26.2 Å². The topological polar surface area (TPSA) is 81.7 Å². The zero-order chi connectivity index (χ0) is 22.1. The van der Waals surface area contributed by atoms with Crippen molar-refractivity contribution in [3.05, 3.63) is 77.4 Å². The summed E-state index contributed by atoms with van der Waals surface area (Å²) in [5.74, 6) is 0. The minimum Gasteiger partial charge on any atom is -0.295 e. The van der Waals surface area contributed by atoms with Crippen molar-refractivity contribution in [2.45, 2.75) is 11.4 Å². The summed E-state index contributed by atoms with van der Waals surface area (Å²) in [6, 6.07) is 18.3. The van der Waals surface area contributed by atoms with Crippen LogP contribution in [-0.2, 0) is 16.6 Å². The fraction of sp³-hybridized carbons (Fsp3) is 0.217. The molecule has 32 heavy (non-hydrogen) atoms. The normalized spacial score (nSPS) is 15.7. The van der Waals surface area contributed by atoms with Crippen LogP contribution in [0.1, 0.15) is 11.3 Å². The molecule has 0 amide bonds. The Morgan fingerprint density at radius 2 is 1.72 bits per heavy atom. The fourth-order valence-electron chi connectivity index (χ4n) is 4.00. The Labute approximate surface area is 190 Å². The number of nitrogens with zero attached hydrogens (tertiary/aromatic N) is 5. The van der Waals surface area contributed by atoms with Crippen LogP contribution < -0.4 is 0 Å². The first-order valence-electron chi connectivity index (χ1n) is 10.3. The number of sulfonamides is 1. The molecule has 9 heteroatoms. The summed E-state index contributed by atoms with van der Waals surface area (Å²) in [7, 11) is -3.57. The second-order valence-corrected chi connectivity index (χ2v) is 10.5. The summed E-state index contributed by atoms with van der Waals surface area (Å²) in [6.07, 6.45) is 2.04. The number of piperazine rings is 1. The van der Waals surface area contributed by atoms with Gasteiger partial charge in [-0.15, -0.1) is 11.3 Å². The molecule has 1 fully saturated rings. The van der Waals surface area contributed by atoms with E-state index in [-0.39, 0.29) is 4.90 Å². The highest BCUT2D eigenvalue weighted by Crippen LogP contribution is 2.28. The van der Waals surface area contributed by atoms with E-state index in [0.717, 1.165) is 21.9 Å². The summed E-state index contributed by atoms with van der Waals surface area (Å²) in [4.78, 5) is 8.31. The Morgan fingerprint density at radius 3 is 2.41 bits per heavy atom. The van der Waals surface area contributed by atoms with Gasteiger partial charge in [0.05, 0.1) is 27.9 Å². The van der Waals surface area contributed by atoms with Gasteiger partial charge in [0.1, 0.15) is 0 Å². The summed E-state index contributed by atoms with van der Waals surface area (Å²) < 4.78 is 29.7. The van der Waals surface area contributed by atoms with Crippen LogP contribution in [0.3, 0.4) is 0 Å². The molecule has 5 rings (SSSR count). The lowest BCUT2D eigenvalue weighted by atomic mass is 10.1. The molecule has 162 valence electrons. The number of thiazole rings is 1. The lowest BCUT2D eigenvalue weighted by molar-refractivity contribution is 0.180. The monoisotopic (exact) mass is 463 g/mol. The number of nitriles is 1. The maximum absolute atomic E-state index is 13.0. The van der Waals surface area contributed by atoms with Gasteiger partial charge >= 0.3 is 0 Å². The fourth-order valence-corrected chi connectivity index (χ4v) is 6.16. The van der Waals surface area contributed by atoms with Gasteiger partial charge in [0.2, 0.25) is 10.0 Å². The van der Waals surface area contributed by atoms with Crippen LogP contribution in [0.5, 0.6) is 0 Å². The van der Waals surface area contributed by atoms with Crippen molar-refractivity contribution in [3.63, 3.8) is 0 Å². The van der Waals surface area contributed by atoms with Crippen LogP contribution >= 0.6 is 11.3 Å². The first-order valence-corrected chi connectivity index (χ1v) is 12.6. The summed E-state index contributed by atoms with van der Waals surface area (Å²) >= 11 is 1.61. The maximum atomic E-state index is 13.0. The van der Waals surface area contributed by atoms with Crippen molar-refractivity contribution < 1.29 is 8.42 Å². The van der Waals surface area contributed by atoms with E-state index in [1.165, 1.54) is 16.4 Å². The van der Waals surface area contributed by atoms with E-state index >= 15 is 0 Å². The van der Waals surface area contributed by atoms with E-state index in [0.29, 0.717) is 38.3 Å². The zero-order valence-electron chi connectivity index (χ0n) is 17.3. The van der Waals surface area contributed by atoms with Crippen molar-refractivity contribution in [2.24, 2.45) is 0 Å². The van der Waals surface area contributed by atoms with Gasteiger partial charge < -0.3 is 0 Å². The Hall–Kier alpha value is -3.03. The van der Waals surface area contributed by atoms with Crippen LogP contribution in [0, 0.1) is 11.3 Å². The average molecular weight is 464 g/mol. The Bertz CT molecular complexity index is 1380. The van der Waals surface area contributed by atoms with Crippen LogP contribution in [0.25, 0.3) is 16.2 Å². The highest BCUT2D eigenvalue weighted by Gasteiger charge is 2.29. The Morgan fingerprint density at radius 1 is 1.00 bits per heavy atom. The van der Waals surface area contributed by atoms with E-state index in [4.69, 9.17) is 10.2 Å². The van der Waals surface area contributed by atoms with Gasteiger partial charge in [-0.05, 0) is 24.3 Å². The van der Waals surface area contributed by atoms with E-state index in [2.05, 4.69) is 21.4 Å². The molecule has 0 spiro atoms. The van der Waals surface area contributed by atoms with Crippen molar-refractivity contribution >= 4 is 26.3 Å². The van der Waals surface area contributed by atoms with Gasteiger partial charge in [0.25, 0.3) is 0 Å². The Balaban J connectivity index is 1.33. The smallest absolute Gasteiger partial charge is 0.243 e. The minimum atomic E-state index is -3.57. The predicted octanol–water partition coefficient (Wildman–Crippen LogP) is 3.44. The minimum absolute atomic E-state index is 0.229. The quantitative estimate of drug-likeness (QED) is 0.453. The molecule has 4 aromatic rings. The van der Waals surface area contributed by atoms with Crippen LogP contribution in [0.15, 0.2) is 71.1 Å². The van der Waals surface area contributed by atoms with E-state index < -0.39 is 10.0 Å². The highest BCUT2D eigenvalue weighted by atomic mass is 32.2. The molecule has 0 atom stereocenters. The molecule has 0 radical (unpaired) electrons. The first kappa shape index (κ1) is 20.8. The lowest BCUT2D eigenvalue weighted by Gasteiger charge is -2.34.